The Labute approximate surface area is 204 Å². The topological polar surface area (TPSA) is 105 Å². The predicted molar refractivity (Wildman–Crippen MR) is 132 cm³/mol. The summed E-state index contributed by atoms with van der Waals surface area (Å²) in [6, 6.07) is 17.4. The number of hydrogen-bond donors (Lipinski definition) is 1. The van der Waals surface area contributed by atoms with Gasteiger partial charge >= 0.3 is 0 Å². The zero-order chi connectivity index (χ0) is 25.2. The summed E-state index contributed by atoms with van der Waals surface area (Å²) in [6.07, 6.45) is 0.159. The maximum Gasteiger partial charge on any atom is 0.279 e. The van der Waals surface area contributed by atoms with E-state index in [2.05, 4.69) is 9.82 Å². The molecule has 11 heteroatoms. The molecule has 0 unspecified atom stereocenters. The van der Waals surface area contributed by atoms with E-state index in [9.17, 15) is 21.2 Å². The Morgan fingerprint density at radius 3 is 2.29 bits per heavy atom. The lowest BCUT2D eigenvalue weighted by atomic mass is 9.98. The average molecular weight is 518 g/mol. The van der Waals surface area contributed by atoms with Gasteiger partial charge in [-0.15, -0.1) is 0 Å². The van der Waals surface area contributed by atoms with Crippen LogP contribution in [0.15, 0.2) is 82.8 Å². The van der Waals surface area contributed by atoms with Gasteiger partial charge in [0.05, 0.1) is 35.2 Å². The first-order chi connectivity index (χ1) is 16.6. The minimum absolute atomic E-state index is 0.00961. The fourth-order valence-corrected chi connectivity index (χ4v) is 5.82. The van der Waals surface area contributed by atoms with E-state index in [-0.39, 0.29) is 17.1 Å². The molecule has 1 atom stereocenters. The normalized spacial score (nSPS) is 16.1. The van der Waals surface area contributed by atoms with Crippen LogP contribution in [0.1, 0.15) is 30.5 Å². The molecule has 0 aromatic heterocycles. The molecule has 1 aliphatic heterocycles. The molecule has 35 heavy (non-hydrogen) atoms. The van der Waals surface area contributed by atoms with Crippen molar-refractivity contribution in [2.24, 2.45) is 5.10 Å². The second-order valence-electron chi connectivity index (χ2n) is 7.82. The minimum atomic E-state index is -4.11. The number of para-hydroxylation sites is 1. The SMILES string of the molecule is CCS(=O)(=O)Nc1ccccc1C1=NN(S(=O)(=O)c2ccc(OC)cc2)[C@H](c2ccc(F)cc2)C1. The van der Waals surface area contributed by atoms with E-state index in [1.54, 1.807) is 24.3 Å². The summed E-state index contributed by atoms with van der Waals surface area (Å²) in [5, 5.41) is 4.45. The highest BCUT2D eigenvalue weighted by Crippen LogP contribution is 2.38. The van der Waals surface area contributed by atoms with Crippen LogP contribution in [0.2, 0.25) is 0 Å². The summed E-state index contributed by atoms with van der Waals surface area (Å²) in [4.78, 5) is 0.00961. The summed E-state index contributed by atoms with van der Waals surface area (Å²) in [7, 11) is -6.20. The fraction of sp³-hybridized carbons (Fsp3) is 0.208. The van der Waals surface area contributed by atoms with Gasteiger partial charge in [0.2, 0.25) is 10.0 Å². The molecule has 0 bridgehead atoms. The van der Waals surface area contributed by atoms with Crippen molar-refractivity contribution in [2.45, 2.75) is 24.3 Å². The maximum absolute atomic E-state index is 13.6. The molecule has 1 heterocycles. The van der Waals surface area contributed by atoms with Crippen molar-refractivity contribution in [3.05, 3.63) is 89.7 Å². The zero-order valence-corrected chi connectivity index (χ0v) is 20.7. The van der Waals surface area contributed by atoms with Crippen LogP contribution in [0.25, 0.3) is 0 Å². The number of halogens is 1. The Kier molecular flexibility index (Phi) is 6.82. The number of nitrogens with zero attached hydrogens (tertiary/aromatic N) is 2. The molecular formula is C24H24FN3O5S2. The van der Waals surface area contributed by atoms with Gasteiger partial charge in [-0.3, -0.25) is 4.72 Å². The van der Waals surface area contributed by atoms with Crippen LogP contribution in [-0.4, -0.2) is 39.8 Å². The van der Waals surface area contributed by atoms with E-state index in [4.69, 9.17) is 4.74 Å². The molecule has 184 valence electrons. The number of hydrogen-bond acceptors (Lipinski definition) is 6. The van der Waals surface area contributed by atoms with Crippen LogP contribution in [0.5, 0.6) is 5.75 Å². The molecule has 1 N–H and O–H groups in total. The molecule has 0 amide bonds. The van der Waals surface area contributed by atoms with Crippen LogP contribution < -0.4 is 9.46 Å². The molecule has 3 aromatic carbocycles. The molecule has 0 fully saturated rings. The van der Waals surface area contributed by atoms with Gasteiger partial charge in [0.1, 0.15) is 11.6 Å². The number of benzene rings is 3. The first-order valence-corrected chi connectivity index (χ1v) is 13.8. The van der Waals surface area contributed by atoms with E-state index >= 15 is 0 Å². The molecule has 0 spiro atoms. The second-order valence-corrected chi connectivity index (χ2v) is 11.6. The minimum Gasteiger partial charge on any atom is -0.497 e. The summed E-state index contributed by atoms with van der Waals surface area (Å²) >= 11 is 0. The highest BCUT2D eigenvalue weighted by Gasteiger charge is 2.38. The van der Waals surface area contributed by atoms with Gasteiger partial charge in [0, 0.05) is 12.0 Å². The third-order valence-electron chi connectivity index (χ3n) is 5.61. The van der Waals surface area contributed by atoms with Gasteiger partial charge in [0.15, 0.2) is 0 Å². The maximum atomic E-state index is 13.6. The molecule has 1 aliphatic rings. The molecular weight excluding hydrogens is 493 g/mol. The van der Waals surface area contributed by atoms with E-state index in [0.29, 0.717) is 28.3 Å². The van der Waals surface area contributed by atoms with Crippen LogP contribution in [0, 0.1) is 5.82 Å². The van der Waals surface area contributed by atoms with Gasteiger partial charge in [-0.2, -0.15) is 17.9 Å². The molecule has 8 nitrogen and oxygen atoms in total. The Bertz CT molecular complexity index is 1460. The molecule has 0 radical (unpaired) electrons. The monoisotopic (exact) mass is 517 g/mol. The predicted octanol–water partition coefficient (Wildman–Crippen LogP) is 4.14. The first-order valence-electron chi connectivity index (χ1n) is 10.8. The Morgan fingerprint density at radius 1 is 1.00 bits per heavy atom. The fourth-order valence-electron chi connectivity index (χ4n) is 3.73. The Morgan fingerprint density at radius 2 is 1.66 bits per heavy atom. The number of nitrogens with one attached hydrogen (secondary N) is 1. The molecule has 0 saturated heterocycles. The van der Waals surface area contributed by atoms with Gasteiger partial charge in [-0.25, -0.2) is 12.8 Å². The van der Waals surface area contributed by atoms with Gasteiger partial charge in [-0.05, 0) is 55.0 Å². The standard InChI is InChI=1S/C24H24FN3O5S2/c1-3-34(29,30)27-22-7-5-4-6-21(22)23-16-24(17-8-10-18(25)11-9-17)28(26-23)35(31,32)20-14-12-19(33-2)13-15-20/h4-15,24,27H,3,16H2,1-2H3/t24-/m0/s1. The Hall–Kier alpha value is -3.44. The number of sulfonamides is 2. The number of anilines is 1. The Balaban J connectivity index is 1.81. The number of rotatable bonds is 8. The van der Waals surface area contributed by atoms with Crippen molar-refractivity contribution in [3.8, 4) is 5.75 Å². The lowest BCUT2D eigenvalue weighted by Crippen LogP contribution is -2.27. The van der Waals surface area contributed by atoms with Crippen LogP contribution in [0.3, 0.4) is 0 Å². The third-order valence-corrected chi connectivity index (χ3v) is 8.60. The van der Waals surface area contributed by atoms with Crippen molar-refractivity contribution in [1.29, 1.82) is 0 Å². The second kappa shape index (κ2) is 9.67. The highest BCUT2D eigenvalue weighted by atomic mass is 32.2. The van der Waals surface area contributed by atoms with Crippen molar-refractivity contribution in [3.63, 3.8) is 0 Å². The number of ether oxygens (including phenoxy) is 1. The van der Waals surface area contributed by atoms with Crippen LogP contribution in [0.4, 0.5) is 10.1 Å². The highest BCUT2D eigenvalue weighted by molar-refractivity contribution is 7.92. The van der Waals surface area contributed by atoms with Crippen molar-refractivity contribution < 1.29 is 26.0 Å². The van der Waals surface area contributed by atoms with E-state index in [1.807, 2.05) is 0 Å². The number of methoxy groups -OCH3 is 1. The van der Waals surface area contributed by atoms with Crippen molar-refractivity contribution in [1.82, 2.24) is 4.41 Å². The molecule has 3 aromatic rings. The largest absolute Gasteiger partial charge is 0.497 e. The summed E-state index contributed by atoms with van der Waals surface area (Å²) in [5.41, 5.74) is 1.69. The van der Waals surface area contributed by atoms with E-state index < -0.39 is 31.9 Å². The van der Waals surface area contributed by atoms with Crippen LogP contribution >= 0.6 is 0 Å². The molecule has 0 aliphatic carbocycles. The number of hydrazone groups is 1. The lowest BCUT2D eigenvalue weighted by Gasteiger charge is -2.23. The summed E-state index contributed by atoms with van der Waals surface area (Å²) in [6.45, 7) is 1.52. The molecule has 0 saturated carbocycles. The van der Waals surface area contributed by atoms with Gasteiger partial charge < -0.3 is 4.74 Å². The van der Waals surface area contributed by atoms with E-state index in [0.717, 1.165) is 4.41 Å². The zero-order valence-electron chi connectivity index (χ0n) is 19.0. The summed E-state index contributed by atoms with van der Waals surface area (Å²) < 4.78 is 73.9. The van der Waals surface area contributed by atoms with E-state index in [1.165, 1.54) is 62.6 Å². The molecule has 4 rings (SSSR count). The van der Waals surface area contributed by atoms with Gasteiger partial charge in [-0.1, -0.05) is 30.3 Å². The van der Waals surface area contributed by atoms with Crippen molar-refractivity contribution in [2.75, 3.05) is 17.6 Å². The first kappa shape index (κ1) is 24.7. The van der Waals surface area contributed by atoms with Crippen molar-refractivity contribution >= 4 is 31.4 Å². The third kappa shape index (κ3) is 5.15. The van der Waals surface area contributed by atoms with Gasteiger partial charge in [0.25, 0.3) is 10.0 Å². The van der Waals surface area contributed by atoms with Crippen LogP contribution in [-0.2, 0) is 20.0 Å². The lowest BCUT2D eigenvalue weighted by molar-refractivity contribution is 0.371. The smallest absolute Gasteiger partial charge is 0.279 e. The summed E-state index contributed by atoms with van der Waals surface area (Å²) in [5.74, 6) is -0.0668. The average Bonchev–Trinajstić information content (AvgIpc) is 3.31. The quantitative estimate of drug-likeness (QED) is 0.484.